The Kier molecular flexibility index (Phi) is 4.12. The molecule has 86 valence electrons. The first-order chi connectivity index (χ1) is 7.54. The van der Waals surface area contributed by atoms with Crippen LogP contribution in [0.15, 0.2) is 27.8 Å². The Balaban J connectivity index is 2.92. The highest BCUT2D eigenvalue weighted by Gasteiger charge is 1.99. The van der Waals surface area contributed by atoms with E-state index in [1.54, 1.807) is 25.3 Å². The number of methoxy groups -OCH3 is 1. The molecule has 0 fully saturated rings. The van der Waals surface area contributed by atoms with Crippen molar-refractivity contribution in [3.63, 3.8) is 0 Å². The second-order valence-electron chi connectivity index (χ2n) is 2.84. The number of nitrogens with zero attached hydrogens (tertiary/aromatic N) is 2. The molecular formula is C9H11BrN4O2. The summed E-state index contributed by atoms with van der Waals surface area (Å²) >= 11 is 3.31. The number of rotatable bonds is 3. The van der Waals surface area contributed by atoms with Gasteiger partial charge in [-0.15, -0.1) is 9.95 Å². The molecule has 6 nitrogen and oxygen atoms in total. The molecule has 0 unspecified atom stereocenters. The van der Waals surface area contributed by atoms with E-state index in [1.807, 2.05) is 0 Å². The van der Waals surface area contributed by atoms with Crippen LogP contribution in [0.5, 0.6) is 5.75 Å². The molecule has 7 heteroatoms. The summed E-state index contributed by atoms with van der Waals surface area (Å²) in [6.45, 7) is 0. The van der Waals surface area contributed by atoms with Crippen LogP contribution in [0.1, 0.15) is 5.56 Å². The maximum absolute atomic E-state index is 10.9. The van der Waals surface area contributed by atoms with Gasteiger partial charge in [0.15, 0.2) is 0 Å². The highest BCUT2D eigenvalue weighted by molar-refractivity contribution is 9.10. The molecule has 0 saturated heterocycles. The molecule has 0 heterocycles. The van der Waals surface area contributed by atoms with Gasteiger partial charge in [0.25, 0.3) is 0 Å². The van der Waals surface area contributed by atoms with Crippen molar-refractivity contribution >= 4 is 28.1 Å². The predicted molar refractivity (Wildman–Crippen MR) is 65.3 cm³/mol. The Bertz CT molecular complexity index is 441. The van der Waals surface area contributed by atoms with Crippen molar-refractivity contribution < 1.29 is 9.58 Å². The number of halogens is 1. The lowest BCUT2D eigenvalue weighted by atomic mass is 10.2. The second-order valence-corrected chi connectivity index (χ2v) is 3.69. The van der Waals surface area contributed by atoms with Gasteiger partial charge in [0.1, 0.15) is 5.75 Å². The summed E-state index contributed by atoms with van der Waals surface area (Å²) in [4.78, 5) is 0.137. The van der Waals surface area contributed by atoms with Crippen LogP contribution in [-0.4, -0.2) is 24.1 Å². The van der Waals surface area contributed by atoms with E-state index in [9.17, 15) is 5.21 Å². The van der Waals surface area contributed by atoms with Gasteiger partial charge >= 0.3 is 5.96 Å². The van der Waals surface area contributed by atoms with E-state index in [1.165, 1.54) is 6.21 Å². The van der Waals surface area contributed by atoms with Crippen LogP contribution in [0.3, 0.4) is 0 Å². The first-order valence-electron chi connectivity index (χ1n) is 4.27. The van der Waals surface area contributed by atoms with Crippen molar-refractivity contribution in [2.75, 3.05) is 7.11 Å². The van der Waals surface area contributed by atoms with Gasteiger partial charge < -0.3 is 9.94 Å². The van der Waals surface area contributed by atoms with Gasteiger partial charge in [-0.3, -0.25) is 11.5 Å². The Labute approximate surface area is 101 Å². The van der Waals surface area contributed by atoms with Gasteiger partial charge in [0.05, 0.1) is 17.8 Å². The van der Waals surface area contributed by atoms with Gasteiger partial charge in [-0.25, -0.2) is 0 Å². The van der Waals surface area contributed by atoms with Crippen LogP contribution in [0.4, 0.5) is 0 Å². The Morgan fingerprint density at radius 2 is 2.25 bits per heavy atom. The molecule has 16 heavy (non-hydrogen) atoms. The molecule has 0 radical (unpaired) electrons. The smallest absolute Gasteiger partial charge is 0.366 e. The quantitative estimate of drug-likeness (QED) is 0.279. The van der Waals surface area contributed by atoms with E-state index in [0.717, 1.165) is 10.0 Å². The fraction of sp³-hybridized carbons (Fsp3) is 0.111. The number of guanidine groups is 1. The summed E-state index contributed by atoms with van der Waals surface area (Å²) in [6.07, 6.45) is 1.34. The van der Waals surface area contributed by atoms with Crippen molar-refractivity contribution in [2.24, 2.45) is 16.6 Å². The average Bonchev–Trinajstić information content (AvgIpc) is 2.25. The minimum Gasteiger partial charge on any atom is -0.722 e. The molecule has 0 aliphatic rings. The minimum absolute atomic E-state index is 0.137. The zero-order valence-electron chi connectivity index (χ0n) is 8.55. The summed E-state index contributed by atoms with van der Waals surface area (Å²) < 4.78 is 5.82. The largest absolute Gasteiger partial charge is 0.722 e. The Morgan fingerprint density at radius 3 is 2.75 bits per heavy atom. The van der Waals surface area contributed by atoms with Crippen LogP contribution in [0.25, 0.3) is 0 Å². The third-order valence-corrected chi connectivity index (χ3v) is 2.33. The zero-order chi connectivity index (χ0) is 12.1. The third-order valence-electron chi connectivity index (χ3n) is 1.71. The fourth-order valence-electron chi connectivity index (χ4n) is 0.949. The van der Waals surface area contributed by atoms with Crippen LogP contribution in [-0.2, 0) is 0 Å². The number of benzene rings is 1. The highest BCUT2D eigenvalue weighted by atomic mass is 79.9. The van der Waals surface area contributed by atoms with Gasteiger partial charge in [-0.05, 0) is 39.7 Å². The number of hydrazone groups is 1. The van der Waals surface area contributed by atoms with Crippen molar-refractivity contribution in [3.05, 3.63) is 33.4 Å². The molecular weight excluding hydrogens is 276 g/mol. The van der Waals surface area contributed by atoms with E-state index in [0.29, 0.717) is 5.75 Å². The number of nitrogens with two attached hydrogens (primary N) is 2. The molecule has 0 amide bonds. The van der Waals surface area contributed by atoms with Crippen LogP contribution in [0, 0.1) is 5.21 Å². The summed E-state index contributed by atoms with van der Waals surface area (Å²) in [7, 11) is 1.57. The SMILES string of the molecule is COc1ccc(/C=N/[N+]([O-])=C(N)N)cc1Br. The average molecular weight is 287 g/mol. The predicted octanol–water partition coefficient (Wildman–Crippen LogP) is 0.575. The van der Waals surface area contributed by atoms with E-state index < -0.39 is 5.96 Å². The maximum Gasteiger partial charge on any atom is 0.366 e. The lowest BCUT2D eigenvalue weighted by Gasteiger charge is -2.04. The standard InChI is InChI=1S/C9H11BrN4O2/c1-16-8-3-2-6(4-7(8)10)5-13-14(15)9(11)12/h2-5H,11-12H2,1H3/b13-5+. The van der Waals surface area contributed by atoms with E-state index in [2.05, 4.69) is 21.0 Å². The Hall–Kier alpha value is -1.76. The summed E-state index contributed by atoms with van der Waals surface area (Å²) in [5.74, 6) is 0.282. The van der Waals surface area contributed by atoms with E-state index >= 15 is 0 Å². The first kappa shape index (κ1) is 12.3. The topological polar surface area (TPSA) is 99.7 Å². The maximum atomic E-state index is 10.9. The zero-order valence-corrected chi connectivity index (χ0v) is 10.1. The molecule has 1 rings (SSSR count). The molecule has 4 N–H and O–H groups in total. The lowest BCUT2D eigenvalue weighted by Crippen LogP contribution is -2.30. The van der Waals surface area contributed by atoms with E-state index in [-0.39, 0.29) is 4.85 Å². The van der Waals surface area contributed by atoms with Crippen LogP contribution in [0.2, 0.25) is 0 Å². The van der Waals surface area contributed by atoms with Gasteiger partial charge in [-0.2, -0.15) is 0 Å². The van der Waals surface area contributed by atoms with Crippen molar-refractivity contribution in [2.45, 2.75) is 0 Å². The normalized spacial score (nSPS) is 10.4. The number of ether oxygens (including phenoxy) is 1. The fourth-order valence-corrected chi connectivity index (χ4v) is 1.51. The van der Waals surface area contributed by atoms with Crippen LogP contribution < -0.4 is 16.2 Å². The first-order valence-corrected chi connectivity index (χ1v) is 5.06. The van der Waals surface area contributed by atoms with Crippen molar-refractivity contribution in [1.82, 2.24) is 0 Å². The molecule has 0 aliphatic heterocycles. The third kappa shape index (κ3) is 3.13. The lowest BCUT2D eigenvalue weighted by molar-refractivity contribution is -0.463. The summed E-state index contributed by atoms with van der Waals surface area (Å²) in [5, 5.41) is 14.4. The molecule has 1 aromatic rings. The van der Waals surface area contributed by atoms with Crippen molar-refractivity contribution in [1.29, 1.82) is 0 Å². The van der Waals surface area contributed by atoms with E-state index in [4.69, 9.17) is 16.2 Å². The monoisotopic (exact) mass is 286 g/mol. The molecule has 0 spiro atoms. The molecule has 0 aromatic heterocycles. The van der Waals surface area contributed by atoms with Gasteiger partial charge in [0, 0.05) is 0 Å². The minimum atomic E-state index is -0.413. The Morgan fingerprint density at radius 1 is 1.56 bits per heavy atom. The molecule has 0 aliphatic carbocycles. The summed E-state index contributed by atoms with van der Waals surface area (Å²) in [6, 6.07) is 5.24. The van der Waals surface area contributed by atoms with Crippen molar-refractivity contribution in [3.8, 4) is 5.75 Å². The summed E-state index contributed by atoms with van der Waals surface area (Å²) in [5.41, 5.74) is 10.8. The van der Waals surface area contributed by atoms with Gasteiger partial charge in [0.2, 0.25) is 0 Å². The highest BCUT2D eigenvalue weighted by Crippen LogP contribution is 2.24. The molecule has 0 bridgehead atoms. The van der Waals surface area contributed by atoms with Crippen LogP contribution >= 0.6 is 15.9 Å². The molecule has 0 atom stereocenters. The molecule has 0 saturated carbocycles. The second kappa shape index (κ2) is 5.36. The molecule has 1 aromatic carbocycles. The number of hydrogen-bond donors (Lipinski definition) is 2. The number of hydrogen-bond acceptors (Lipinski definition) is 3. The van der Waals surface area contributed by atoms with Gasteiger partial charge in [-0.1, -0.05) is 0 Å².